The predicted octanol–water partition coefficient (Wildman–Crippen LogP) is 1.80. The number of methoxy groups -OCH3 is 1. The van der Waals surface area contributed by atoms with Crippen LogP contribution in [0.25, 0.3) is 0 Å². The molecule has 1 fully saturated rings. The molecule has 0 aromatic rings. The van der Waals surface area contributed by atoms with Crippen LogP contribution >= 0.6 is 12.4 Å². The minimum absolute atomic E-state index is 0. The summed E-state index contributed by atoms with van der Waals surface area (Å²) in [5.74, 6) is -1.48. The van der Waals surface area contributed by atoms with Crippen LogP contribution in [-0.4, -0.2) is 48.5 Å². The van der Waals surface area contributed by atoms with Crippen molar-refractivity contribution >= 4 is 30.3 Å². The molecule has 0 bridgehead atoms. The monoisotopic (exact) mass is 307 g/mol. The molecule has 0 saturated carbocycles. The number of likely N-dealkylation sites (tertiary alicyclic amines) is 1. The first-order valence-corrected chi connectivity index (χ1v) is 6.33. The molecule has 0 aliphatic carbocycles. The lowest BCUT2D eigenvalue weighted by Gasteiger charge is -2.26. The third-order valence-corrected chi connectivity index (χ3v) is 2.84. The van der Waals surface area contributed by atoms with Gasteiger partial charge in [-0.2, -0.15) is 0 Å². The Hall–Kier alpha value is -1.30. The third kappa shape index (κ3) is 5.36. The Morgan fingerprint density at radius 1 is 1.25 bits per heavy atom. The lowest BCUT2D eigenvalue weighted by Crippen LogP contribution is -2.37. The van der Waals surface area contributed by atoms with E-state index in [-0.39, 0.29) is 37.6 Å². The number of esters is 1. The zero-order chi connectivity index (χ0) is 14.6. The van der Waals surface area contributed by atoms with Gasteiger partial charge in [0.1, 0.15) is 17.3 Å². The number of ether oxygens (including phenoxy) is 2. The Kier molecular flexibility index (Phi) is 6.99. The van der Waals surface area contributed by atoms with E-state index in [1.54, 1.807) is 20.8 Å². The number of hydrogen-bond acceptors (Lipinski definition) is 5. The van der Waals surface area contributed by atoms with Crippen molar-refractivity contribution in [2.24, 2.45) is 5.92 Å². The van der Waals surface area contributed by atoms with Crippen LogP contribution in [0.15, 0.2) is 0 Å². The van der Waals surface area contributed by atoms with E-state index in [0.29, 0.717) is 6.54 Å². The van der Waals surface area contributed by atoms with Crippen LogP contribution in [-0.2, 0) is 19.1 Å². The van der Waals surface area contributed by atoms with E-state index < -0.39 is 23.6 Å². The molecule has 6 nitrogen and oxygen atoms in total. The number of carbonyl (C=O) groups excluding carboxylic acids is 3. The van der Waals surface area contributed by atoms with Gasteiger partial charge in [-0.3, -0.25) is 9.59 Å². The molecule has 1 unspecified atom stereocenters. The number of carbonyl (C=O) groups is 3. The lowest BCUT2D eigenvalue weighted by molar-refractivity contribution is -0.149. The fourth-order valence-corrected chi connectivity index (χ4v) is 1.88. The van der Waals surface area contributed by atoms with Gasteiger partial charge in [0.2, 0.25) is 0 Å². The number of nitrogens with zero attached hydrogens (tertiary/aromatic N) is 1. The van der Waals surface area contributed by atoms with Gasteiger partial charge in [0, 0.05) is 19.5 Å². The molecule has 0 spiro atoms. The summed E-state index contributed by atoms with van der Waals surface area (Å²) in [5, 5.41) is 0. The number of rotatable bonds is 1. The summed E-state index contributed by atoms with van der Waals surface area (Å²) in [6, 6.07) is 0. The number of amides is 1. The Labute approximate surface area is 125 Å². The number of halogens is 1. The highest BCUT2D eigenvalue weighted by molar-refractivity contribution is 5.99. The topological polar surface area (TPSA) is 72.9 Å². The molecule has 1 rings (SSSR count). The van der Waals surface area contributed by atoms with Crippen LogP contribution in [0.2, 0.25) is 0 Å². The van der Waals surface area contributed by atoms with E-state index in [1.807, 2.05) is 0 Å². The molecular formula is C13H22ClNO5. The predicted molar refractivity (Wildman–Crippen MR) is 74.8 cm³/mol. The maximum atomic E-state index is 11.9. The SMILES string of the molecule is COC(=O)C1CCN(C(=O)OC(C)(C)C)CCC1=O.Cl. The van der Waals surface area contributed by atoms with Gasteiger partial charge in [-0.1, -0.05) is 0 Å². The molecule has 1 atom stereocenters. The van der Waals surface area contributed by atoms with Gasteiger partial charge in [-0.25, -0.2) is 4.79 Å². The Morgan fingerprint density at radius 2 is 1.85 bits per heavy atom. The van der Waals surface area contributed by atoms with Crippen LogP contribution in [0.3, 0.4) is 0 Å². The van der Waals surface area contributed by atoms with Gasteiger partial charge < -0.3 is 14.4 Å². The molecule has 0 aromatic heterocycles. The fourth-order valence-electron chi connectivity index (χ4n) is 1.88. The second-order valence-electron chi connectivity index (χ2n) is 5.55. The van der Waals surface area contributed by atoms with Crippen molar-refractivity contribution < 1.29 is 23.9 Å². The summed E-state index contributed by atoms with van der Waals surface area (Å²) in [6.45, 7) is 5.95. The highest BCUT2D eigenvalue weighted by Gasteiger charge is 2.33. The quantitative estimate of drug-likeness (QED) is 0.545. The maximum absolute atomic E-state index is 11.9. The van der Waals surface area contributed by atoms with Gasteiger partial charge in [-0.15, -0.1) is 12.4 Å². The van der Waals surface area contributed by atoms with E-state index in [2.05, 4.69) is 4.74 Å². The van der Waals surface area contributed by atoms with Gasteiger partial charge in [0.05, 0.1) is 7.11 Å². The summed E-state index contributed by atoms with van der Waals surface area (Å²) in [7, 11) is 1.26. The first-order chi connectivity index (χ1) is 8.74. The molecule has 1 aliphatic heterocycles. The van der Waals surface area contributed by atoms with E-state index in [0.717, 1.165) is 0 Å². The van der Waals surface area contributed by atoms with E-state index in [4.69, 9.17) is 4.74 Å². The van der Waals surface area contributed by atoms with Gasteiger partial charge in [0.25, 0.3) is 0 Å². The zero-order valence-corrected chi connectivity index (χ0v) is 13.1. The smallest absolute Gasteiger partial charge is 0.410 e. The minimum atomic E-state index is -0.766. The fraction of sp³-hybridized carbons (Fsp3) is 0.769. The molecule has 1 amide bonds. The molecule has 7 heteroatoms. The lowest BCUT2D eigenvalue weighted by atomic mass is 10.00. The number of Topliss-reactive ketones (excluding diaryl/α,β-unsaturated/α-hetero) is 1. The molecule has 1 aliphatic rings. The van der Waals surface area contributed by atoms with Crippen molar-refractivity contribution in [1.82, 2.24) is 4.90 Å². The first-order valence-electron chi connectivity index (χ1n) is 6.33. The maximum Gasteiger partial charge on any atom is 0.410 e. The zero-order valence-electron chi connectivity index (χ0n) is 12.3. The average Bonchev–Trinajstić information content (AvgIpc) is 2.48. The van der Waals surface area contributed by atoms with Gasteiger partial charge in [0.15, 0.2) is 0 Å². The number of ketones is 1. The molecular weight excluding hydrogens is 286 g/mol. The van der Waals surface area contributed by atoms with Crippen molar-refractivity contribution in [2.45, 2.75) is 39.2 Å². The molecule has 0 radical (unpaired) electrons. The Bertz CT molecular complexity index is 377. The van der Waals surface area contributed by atoms with Crippen LogP contribution < -0.4 is 0 Å². The second kappa shape index (κ2) is 7.47. The Morgan fingerprint density at radius 3 is 2.35 bits per heavy atom. The first kappa shape index (κ1) is 18.7. The molecule has 20 heavy (non-hydrogen) atoms. The summed E-state index contributed by atoms with van der Waals surface area (Å²) in [6.07, 6.45) is -0.0187. The third-order valence-electron chi connectivity index (χ3n) is 2.84. The minimum Gasteiger partial charge on any atom is -0.468 e. The normalized spacial score (nSPS) is 19.7. The second-order valence-corrected chi connectivity index (χ2v) is 5.55. The van der Waals surface area contributed by atoms with Crippen molar-refractivity contribution in [1.29, 1.82) is 0 Å². The Balaban J connectivity index is 0.00000361. The van der Waals surface area contributed by atoms with E-state index in [9.17, 15) is 14.4 Å². The van der Waals surface area contributed by atoms with Crippen LogP contribution in [0.1, 0.15) is 33.6 Å². The van der Waals surface area contributed by atoms with E-state index in [1.165, 1.54) is 12.0 Å². The van der Waals surface area contributed by atoms with Crippen molar-refractivity contribution in [3.05, 3.63) is 0 Å². The van der Waals surface area contributed by atoms with Crippen LogP contribution in [0.4, 0.5) is 4.79 Å². The molecule has 0 aromatic carbocycles. The van der Waals surface area contributed by atoms with Crippen molar-refractivity contribution in [3.8, 4) is 0 Å². The summed E-state index contributed by atoms with van der Waals surface area (Å²) >= 11 is 0. The molecule has 0 N–H and O–H groups in total. The molecule has 1 heterocycles. The van der Waals surface area contributed by atoms with Gasteiger partial charge in [-0.05, 0) is 27.2 Å². The highest BCUT2D eigenvalue weighted by atomic mass is 35.5. The molecule has 116 valence electrons. The largest absolute Gasteiger partial charge is 0.468 e. The van der Waals surface area contributed by atoms with Crippen molar-refractivity contribution in [3.63, 3.8) is 0 Å². The van der Waals surface area contributed by atoms with Crippen LogP contribution in [0, 0.1) is 5.92 Å². The van der Waals surface area contributed by atoms with Crippen molar-refractivity contribution in [2.75, 3.05) is 20.2 Å². The summed E-state index contributed by atoms with van der Waals surface area (Å²) in [5.41, 5.74) is -0.574. The van der Waals surface area contributed by atoms with Gasteiger partial charge >= 0.3 is 12.1 Å². The summed E-state index contributed by atoms with van der Waals surface area (Å²) in [4.78, 5) is 36.6. The molecule has 1 saturated heterocycles. The summed E-state index contributed by atoms with van der Waals surface area (Å²) < 4.78 is 9.85. The standard InChI is InChI=1S/C13H21NO5.ClH/c1-13(2,3)19-12(17)14-7-5-9(11(16)18-4)10(15)6-8-14;/h9H,5-8H2,1-4H3;1H. The average molecular weight is 308 g/mol. The number of hydrogen-bond donors (Lipinski definition) is 0. The van der Waals surface area contributed by atoms with E-state index >= 15 is 0 Å². The van der Waals surface area contributed by atoms with Crippen LogP contribution in [0.5, 0.6) is 0 Å². The highest BCUT2D eigenvalue weighted by Crippen LogP contribution is 2.18.